The summed E-state index contributed by atoms with van der Waals surface area (Å²) in [5, 5.41) is 19.9. The molecule has 2 N–H and O–H groups in total. The van der Waals surface area contributed by atoms with Gasteiger partial charge in [-0.3, -0.25) is 4.98 Å². The highest BCUT2D eigenvalue weighted by Gasteiger charge is 2.53. The van der Waals surface area contributed by atoms with Crippen molar-refractivity contribution in [3.63, 3.8) is 0 Å². The molecule has 0 atom stereocenters. The molecular formula is C14H20FNO2. The minimum Gasteiger partial charge on any atom is -0.396 e. The van der Waals surface area contributed by atoms with Crippen molar-refractivity contribution in [3.8, 4) is 0 Å². The third kappa shape index (κ3) is 2.15. The SMILES string of the molecule is [2H]C([2H])(O)C1(C)CC(O)(c2ncc(C(C)C)cc2F)C1. The average Bonchev–Trinajstić information content (AvgIpc) is 2.24. The molecule has 0 spiro atoms. The predicted molar refractivity (Wildman–Crippen MR) is 66.6 cm³/mol. The summed E-state index contributed by atoms with van der Waals surface area (Å²) in [4.78, 5) is 4.01. The number of aliphatic hydroxyl groups is 2. The first-order valence-corrected chi connectivity index (χ1v) is 6.09. The smallest absolute Gasteiger partial charge is 0.147 e. The van der Waals surface area contributed by atoms with Crippen molar-refractivity contribution >= 4 is 0 Å². The molecule has 100 valence electrons. The van der Waals surface area contributed by atoms with Crippen molar-refractivity contribution in [1.82, 2.24) is 4.98 Å². The van der Waals surface area contributed by atoms with E-state index in [2.05, 4.69) is 4.98 Å². The second-order valence-electron chi connectivity index (χ2n) is 5.81. The zero-order chi connectivity index (χ0) is 15.3. The fourth-order valence-corrected chi connectivity index (χ4v) is 2.60. The molecule has 0 saturated heterocycles. The van der Waals surface area contributed by atoms with Crippen LogP contribution in [0.25, 0.3) is 0 Å². The van der Waals surface area contributed by atoms with Crippen molar-refractivity contribution in [2.24, 2.45) is 5.41 Å². The first kappa shape index (κ1) is 10.9. The molecule has 1 heterocycles. The van der Waals surface area contributed by atoms with Gasteiger partial charge in [0.1, 0.15) is 17.1 Å². The van der Waals surface area contributed by atoms with Gasteiger partial charge in [0.05, 0.1) is 2.74 Å². The van der Waals surface area contributed by atoms with Crippen LogP contribution < -0.4 is 0 Å². The van der Waals surface area contributed by atoms with Crippen molar-refractivity contribution in [3.05, 3.63) is 29.3 Å². The van der Waals surface area contributed by atoms with Gasteiger partial charge in [0.2, 0.25) is 0 Å². The van der Waals surface area contributed by atoms with E-state index >= 15 is 0 Å². The largest absolute Gasteiger partial charge is 0.396 e. The third-order valence-electron chi connectivity index (χ3n) is 3.60. The number of pyridine rings is 1. The highest BCUT2D eigenvalue weighted by Crippen LogP contribution is 2.53. The Morgan fingerprint density at radius 1 is 1.56 bits per heavy atom. The highest BCUT2D eigenvalue weighted by atomic mass is 19.1. The van der Waals surface area contributed by atoms with E-state index in [1.807, 2.05) is 13.8 Å². The molecule has 1 aliphatic carbocycles. The maximum absolute atomic E-state index is 14.1. The van der Waals surface area contributed by atoms with Gasteiger partial charge in [-0.1, -0.05) is 20.8 Å². The van der Waals surface area contributed by atoms with Crippen LogP contribution in [0.1, 0.15) is 53.5 Å². The van der Waals surface area contributed by atoms with Crippen molar-refractivity contribution < 1.29 is 17.3 Å². The average molecular weight is 255 g/mol. The molecule has 0 radical (unpaired) electrons. The topological polar surface area (TPSA) is 53.4 Å². The minimum absolute atomic E-state index is 0.0611. The van der Waals surface area contributed by atoms with E-state index in [0.717, 1.165) is 5.56 Å². The molecule has 0 aromatic carbocycles. The van der Waals surface area contributed by atoms with E-state index in [9.17, 15) is 14.6 Å². The Morgan fingerprint density at radius 2 is 2.17 bits per heavy atom. The summed E-state index contributed by atoms with van der Waals surface area (Å²) in [6.45, 7) is 2.96. The third-order valence-corrected chi connectivity index (χ3v) is 3.60. The number of hydrogen-bond acceptors (Lipinski definition) is 3. The summed E-state index contributed by atoms with van der Waals surface area (Å²) >= 11 is 0. The summed E-state index contributed by atoms with van der Waals surface area (Å²) in [5.74, 6) is -0.446. The monoisotopic (exact) mass is 255 g/mol. The van der Waals surface area contributed by atoms with Crippen molar-refractivity contribution in [2.45, 2.75) is 45.1 Å². The van der Waals surface area contributed by atoms with Crippen LogP contribution in [0.3, 0.4) is 0 Å². The van der Waals surface area contributed by atoms with Gasteiger partial charge in [-0.25, -0.2) is 4.39 Å². The first-order chi connectivity index (χ1) is 8.98. The fourth-order valence-electron chi connectivity index (χ4n) is 2.60. The standard InChI is InChI=1S/C14H20FNO2/c1-9(2)10-4-11(15)12(16-5-10)14(18)6-13(3,7-14)8-17/h4-5,9,17-18H,6-8H2,1-3H3/i8D2. The van der Waals surface area contributed by atoms with Gasteiger partial charge < -0.3 is 10.2 Å². The Morgan fingerprint density at radius 3 is 2.61 bits per heavy atom. The Balaban J connectivity index is 2.27. The van der Waals surface area contributed by atoms with Crippen molar-refractivity contribution in [2.75, 3.05) is 6.56 Å². The van der Waals surface area contributed by atoms with Gasteiger partial charge in [-0.2, -0.15) is 0 Å². The lowest BCUT2D eigenvalue weighted by Crippen LogP contribution is -2.50. The van der Waals surface area contributed by atoms with E-state index in [1.165, 1.54) is 19.2 Å². The molecular weight excluding hydrogens is 233 g/mol. The van der Waals surface area contributed by atoms with E-state index < -0.39 is 23.4 Å². The van der Waals surface area contributed by atoms with Gasteiger partial charge in [0, 0.05) is 12.8 Å². The van der Waals surface area contributed by atoms with Gasteiger partial charge in [0.25, 0.3) is 0 Å². The van der Waals surface area contributed by atoms with Crippen LogP contribution in [0.2, 0.25) is 0 Å². The summed E-state index contributed by atoms with van der Waals surface area (Å²) in [5.41, 5.74) is -1.92. The number of hydrogen-bond donors (Lipinski definition) is 2. The Hall–Kier alpha value is -1.00. The fraction of sp³-hybridized carbons (Fsp3) is 0.643. The zero-order valence-corrected chi connectivity index (χ0v) is 10.9. The van der Waals surface area contributed by atoms with Crippen LogP contribution in [-0.4, -0.2) is 21.8 Å². The lowest BCUT2D eigenvalue weighted by Gasteiger charge is -2.50. The van der Waals surface area contributed by atoms with E-state index in [1.54, 1.807) is 0 Å². The lowest BCUT2D eigenvalue weighted by molar-refractivity contribution is -0.148. The number of rotatable bonds is 3. The molecule has 0 aliphatic heterocycles. The quantitative estimate of drug-likeness (QED) is 0.871. The van der Waals surface area contributed by atoms with Crippen LogP contribution in [0, 0.1) is 11.2 Å². The second kappa shape index (κ2) is 4.28. The van der Waals surface area contributed by atoms with Gasteiger partial charge in [0.15, 0.2) is 0 Å². The molecule has 2 rings (SSSR count). The molecule has 1 fully saturated rings. The molecule has 1 aliphatic rings. The minimum atomic E-state index is -2.41. The van der Waals surface area contributed by atoms with Gasteiger partial charge >= 0.3 is 0 Å². The molecule has 4 heteroatoms. The highest BCUT2D eigenvalue weighted by molar-refractivity contribution is 5.26. The van der Waals surface area contributed by atoms with Crippen LogP contribution >= 0.6 is 0 Å². The van der Waals surface area contributed by atoms with Gasteiger partial charge in [-0.15, -0.1) is 0 Å². The van der Waals surface area contributed by atoms with E-state index in [0.29, 0.717) is 0 Å². The maximum atomic E-state index is 14.1. The summed E-state index contributed by atoms with van der Waals surface area (Å²) in [6.07, 6.45) is 1.41. The first-order valence-electron chi connectivity index (χ1n) is 7.09. The normalized spacial score (nSPS) is 33.9. The molecule has 1 aromatic heterocycles. The van der Waals surface area contributed by atoms with Crippen LogP contribution in [-0.2, 0) is 5.60 Å². The molecule has 1 aromatic rings. The Labute approximate surface area is 109 Å². The molecule has 18 heavy (non-hydrogen) atoms. The van der Waals surface area contributed by atoms with Crippen molar-refractivity contribution in [1.29, 1.82) is 0 Å². The molecule has 0 bridgehead atoms. The van der Waals surface area contributed by atoms with E-state index in [-0.39, 0.29) is 24.5 Å². The van der Waals surface area contributed by atoms with Gasteiger partial charge in [-0.05, 0) is 35.8 Å². The number of halogens is 1. The predicted octanol–water partition coefficient (Wildman–Crippen LogP) is 2.32. The Kier molecular flexibility index (Phi) is 2.59. The van der Waals surface area contributed by atoms with Crippen LogP contribution in [0.15, 0.2) is 12.3 Å². The summed E-state index contributed by atoms with van der Waals surface area (Å²) in [6, 6.07) is 1.36. The number of aromatic nitrogens is 1. The molecule has 0 amide bonds. The second-order valence-corrected chi connectivity index (χ2v) is 5.81. The number of nitrogens with zero attached hydrogens (tertiary/aromatic N) is 1. The maximum Gasteiger partial charge on any atom is 0.147 e. The molecule has 1 saturated carbocycles. The molecule has 0 unspecified atom stereocenters. The van der Waals surface area contributed by atoms with Crippen LogP contribution in [0.4, 0.5) is 4.39 Å². The van der Waals surface area contributed by atoms with Crippen LogP contribution in [0.5, 0.6) is 0 Å². The Bertz CT molecular complexity index is 522. The summed E-state index contributed by atoms with van der Waals surface area (Å²) < 4.78 is 28.8. The molecule has 3 nitrogen and oxygen atoms in total. The summed E-state index contributed by atoms with van der Waals surface area (Å²) in [7, 11) is 0. The lowest BCUT2D eigenvalue weighted by atomic mass is 9.59. The van der Waals surface area contributed by atoms with E-state index in [4.69, 9.17) is 2.74 Å². The zero-order valence-electron chi connectivity index (χ0n) is 12.9.